The largest absolute Gasteiger partial charge is 0.354 e. The molecule has 2 aromatic heterocycles. The molecule has 0 saturated heterocycles. The Hall–Kier alpha value is -1.38. The van der Waals surface area contributed by atoms with Gasteiger partial charge in [-0.25, -0.2) is 0 Å². The molecular weight excluding hydrogens is 140 g/mol. The first kappa shape index (κ1) is 5.29. The summed E-state index contributed by atoms with van der Waals surface area (Å²) in [5, 5.41) is 4.89. The maximum atomic E-state index is 5.07. The Labute approximate surface area is 63.0 Å². The fourth-order valence-electron chi connectivity index (χ4n) is 1.59. The van der Waals surface area contributed by atoms with Crippen LogP contribution in [-0.2, 0) is 12.8 Å². The lowest BCUT2D eigenvalue weighted by Crippen LogP contribution is -2.03. The standard InChI is InChI=1S/C8H6N2O/c1-2-7-8-6(4-10-11-8)5(1)3-9-7/h3-4H,1-2H2. The maximum Gasteiger partial charge on any atom is 0.188 e. The minimum Gasteiger partial charge on any atom is -0.354 e. The molecule has 0 atom stereocenters. The van der Waals surface area contributed by atoms with Crippen molar-refractivity contribution in [3.63, 3.8) is 0 Å². The lowest BCUT2D eigenvalue weighted by molar-refractivity contribution is 0.452. The van der Waals surface area contributed by atoms with Gasteiger partial charge in [-0.2, -0.15) is 0 Å². The highest BCUT2D eigenvalue weighted by molar-refractivity contribution is 5.83. The summed E-state index contributed by atoms with van der Waals surface area (Å²) in [5.41, 5.74) is 3.19. The van der Waals surface area contributed by atoms with E-state index in [2.05, 4.69) is 10.1 Å². The Morgan fingerprint density at radius 2 is 2.27 bits per heavy atom. The molecule has 2 aromatic rings. The second-order valence-electron chi connectivity index (χ2n) is 2.80. The molecular formula is C8H6N2O. The second-order valence-corrected chi connectivity index (χ2v) is 2.80. The van der Waals surface area contributed by atoms with Crippen LogP contribution in [0.2, 0.25) is 0 Å². The van der Waals surface area contributed by atoms with Gasteiger partial charge in [-0.15, -0.1) is 0 Å². The highest BCUT2D eigenvalue weighted by Crippen LogP contribution is 2.27. The van der Waals surface area contributed by atoms with Crippen molar-refractivity contribution in [2.24, 2.45) is 0 Å². The van der Waals surface area contributed by atoms with Crippen LogP contribution in [0, 0.1) is 0 Å². The van der Waals surface area contributed by atoms with Crippen molar-refractivity contribution in [2.45, 2.75) is 12.8 Å². The molecule has 4 rings (SSSR count). The molecule has 0 fully saturated rings. The van der Waals surface area contributed by atoms with Crippen molar-refractivity contribution in [3.8, 4) is 0 Å². The van der Waals surface area contributed by atoms with E-state index < -0.39 is 0 Å². The van der Waals surface area contributed by atoms with E-state index in [4.69, 9.17) is 4.52 Å². The van der Waals surface area contributed by atoms with Gasteiger partial charge in [0.05, 0.1) is 11.9 Å². The molecule has 3 heteroatoms. The van der Waals surface area contributed by atoms with Gasteiger partial charge in [0.25, 0.3) is 0 Å². The molecule has 0 saturated carbocycles. The van der Waals surface area contributed by atoms with Gasteiger partial charge in [0, 0.05) is 11.6 Å². The minimum absolute atomic E-state index is 0.883. The SMILES string of the molecule is c1nc2c3oncc3c1CC2. The van der Waals surface area contributed by atoms with Gasteiger partial charge in [0.2, 0.25) is 0 Å². The van der Waals surface area contributed by atoms with Crippen molar-refractivity contribution in [2.75, 3.05) is 0 Å². The van der Waals surface area contributed by atoms with E-state index in [1.165, 1.54) is 5.56 Å². The molecule has 0 amide bonds. The van der Waals surface area contributed by atoms with Gasteiger partial charge in [-0.3, -0.25) is 4.98 Å². The Kier molecular flexibility index (Phi) is 0.776. The van der Waals surface area contributed by atoms with Crippen LogP contribution in [0.5, 0.6) is 0 Å². The number of aryl methyl sites for hydroxylation is 2. The molecule has 0 N–H and O–H groups in total. The Bertz CT molecular complexity index is 381. The summed E-state index contributed by atoms with van der Waals surface area (Å²) in [6, 6.07) is 0. The van der Waals surface area contributed by atoms with Crippen LogP contribution < -0.4 is 0 Å². The van der Waals surface area contributed by atoms with E-state index in [1.807, 2.05) is 6.20 Å². The van der Waals surface area contributed by atoms with Crippen LogP contribution in [0.4, 0.5) is 0 Å². The molecule has 0 aromatic carbocycles. The first-order valence-corrected chi connectivity index (χ1v) is 3.66. The zero-order chi connectivity index (χ0) is 7.26. The average molecular weight is 146 g/mol. The van der Waals surface area contributed by atoms with Crippen molar-refractivity contribution in [1.29, 1.82) is 0 Å². The van der Waals surface area contributed by atoms with Crippen molar-refractivity contribution < 1.29 is 4.52 Å². The predicted octanol–water partition coefficient (Wildman–Crippen LogP) is 1.32. The number of hydrogen-bond donors (Lipinski definition) is 0. The minimum atomic E-state index is 0.883. The summed E-state index contributed by atoms with van der Waals surface area (Å²) in [4.78, 5) is 4.23. The number of aromatic nitrogens is 2. The number of hydrogen-bond acceptors (Lipinski definition) is 3. The third kappa shape index (κ3) is 0.533. The zero-order valence-corrected chi connectivity index (χ0v) is 5.87. The fourth-order valence-corrected chi connectivity index (χ4v) is 1.59. The quantitative estimate of drug-likeness (QED) is 0.562. The van der Waals surface area contributed by atoms with E-state index >= 15 is 0 Å². The second kappa shape index (κ2) is 1.61. The average Bonchev–Trinajstić information content (AvgIpc) is 2.55. The third-order valence-electron chi connectivity index (χ3n) is 2.19. The third-order valence-corrected chi connectivity index (χ3v) is 2.19. The zero-order valence-electron chi connectivity index (χ0n) is 5.87. The van der Waals surface area contributed by atoms with E-state index in [1.54, 1.807) is 6.20 Å². The van der Waals surface area contributed by atoms with Crippen molar-refractivity contribution in [1.82, 2.24) is 10.1 Å². The molecule has 0 unspecified atom stereocenters. The Morgan fingerprint density at radius 1 is 1.27 bits per heavy atom. The van der Waals surface area contributed by atoms with Gasteiger partial charge < -0.3 is 4.52 Å². The van der Waals surface area contributed by atoms with Crippen LogP contribution in [0.1, 0.15) is 11.3 Å². The molecule has 3 nitrogen and oxygen atoms in total. The predicted molar refractivity (Wildman–Crippen MR) is 39.2 cm³/mol. The van der Waals surface area contributed by atoms with E-state index in [0.717, 1.165) is 29.5 Å². The van der Waals surface area contributed by atoms with Crippen LogP contribution >= 0.6 is 0 Å². The highest BCUT2D eigenvalue weighted by Gasteiger charge is 2.16. The topological polar surface area (TPSA) is 38.9 Å². The molecule has 0 radical (unpaired) electrons. The van der Waals surface area contributed by atoms with E-state index in [-0.39, 0.29) is 0 Å². The molecule has 3 heterocycles. The summed E-state index contributed by atoms with van der Waals surface area (Å²) < 4.78 is 5.07. The molecule has 1 aliphatic carbocycles. The Morgan fingerprint density at radius 3 is 3.00 bits per heavy atom. The number of fused-ring (bicyclic) bond motifs is 2. The first-order valence-electron chi connectivity index (χ1n) is 3.66. The van der Waals surface area contributed by atoms with Crippen molar-refractivity contribution in [3.05, 3.63) is 23.7 Å². The van der Waals surface area contributed by atoms with Crippen LogP contribution in [-0.4, -0.2) is 10.1 Å². The summed E-state index contributed by atoms with van der Waals surface area (Å²) >= 11 is 0. The van der Waals surface area contributed by atoms with Crippen LogP contribution in [0.15, 0.2) is 16.9 Å². The molecule has 54 valence electrons. The Balaban J connectivity index is 2.64. The summed E-state index contributed by atoms with van der Waals surface area (Å²) in [6.07, 6.45) is 5.79. The van der Waals surface area contributed by atoms with Gasteiger partial charge in [0.1, 0.15) is 0 Å². The summed E-state index contributed by atoms with van der Waals surface area (Å²) in [6.45, 7) is 0. The van der Waals surface area contributed by atoms with Crippen LogP contribution in [0.3, 0.4) is 0 Å². The lowest BCUT2D eigenvalue weighted by atomic mass is 9.99. The van der Waals surface area contributed by atoms with Gasteiger partial charge >= 0.3 is 0 Å². The lowest BCUT2D eigenvalue weighted by Gasteiger charge is -2.09. The monoisotopic (exact) mass is 146 g/mol. The highest BCUT2D eigenvalue weighted by atomic mass is 16.5. The van der Waals surface area contributed by atoms with E-state index in [9.17, 15) is 0 Å². The smallest absolute Gasteiger partial charge is 0.188 e. The maximum absolute atomic E-state index is 5.07. The number of pyridine rings is 1. The summed E-state index contributed by atoms with van der Waals surface area (Å²) in [7, 11) is 0. The number of nitrogens with zero attached hydrogens (tertiary/aromatic N) is 2. The normalized spacial score (nSPS) is 14.5. The molecule has 2 bridgehead atoms. The van der Waals surface area contributed by atoms with Crippen molar-refractivity contribution >= 4 is 11.0 Å². The van der Waals surface area contributed by atoms with E-state index in [0.29, 0.717) is 0 Å². The fraction of sp³-hybridized carbons (Fsp3) is 0.250. The van der Waals surface area contributed by atoms with Gasteiger partial charge in [0.15, 0.2) is 5.58 Å². The molecule has 2 aliphatic rings. The van der Waals surface area contributed by atoms with Gasteiger partial charge in [-0.1, -0.05) is 5.16 Å². The number of rotatable bonds is 0. The van der Waals surface area contributed by atoms with Crippen LogP contribution in [0.25, 0.3) is 11.0 Å². The molecule has 1 aliphatic heterocycles. The molecule has 11 heavy (non-hydrogen) atoms. The summed E-state index contributed by atoms with van der Waals surface area (Å²) in [5.74, 6) is 0. The molecule has 0 spiro atoms. The van der Waals surface area contributed by atoms with Gasteiger partial charge in [-0.05, 0) is 18.4 Å². The first-order chi connectivity index (χ1) is 5.45.